The Hall–Kier alpha value is -1.61. The van der Waals surface area contributed by atoms with Gasteiger partial charge in [-0.3, -0.25) is 4.79 Å². The number of benzene rings is 1. The molecule has 1 aromatic carbocycles. The zero-order valence-corrected chi connectivity index (χ0v) is 11.0. The van der Waals surface area contributed by atoms with Crippen molar-refractivity contribution in [1.29, 1.82) is 0 Å². The number of carbonyl (C=O) groups excluding carboxylic acids is 1. The van der Waals surface area contributed by atoms with Crippen LogP contribution >= 0.6 is 11.8 Å². The predicted molar refractivity (Wildman–Crippen MR) is 70.5 cm³/mol. The van der Waals surface area contributed by atoms with Gasteiger partial charge in [0.1, 0.15) is 0 Å². The van der Waals surface area contributed by atoms with E-state index >= 15 is 0 Å². The largest absolute Gasteiger partial charge is 0.416 e. The van der Waals surface area contributed by atoms with Crippen LogP contribution < -0.4 is 5.73 Å². The third-order valence-electron chi connectivity index (χ3n) is 2.05. The molecule has 19 heavy (non-hydrogen) atoms. The zero-order valence-electron chi connectivity index (χ0n) is 10.2. The maximum Gasteiger partial charge on any atom is 0.416 e. The second-order valence-electron chi connectivity index (χ2n) is 3.73. The molecule has 0 atom stereocenters. The summed E-state index contributed by atoms with van der Waals surface area (Å²) in [4.78, 5) is 10.6. The average molecular weight is 287 g/mol. The lowest BCUT2D eigenvalue weighted by atomic mass is 10.1. The van der Waals surface area contributed by atoms with Crippen LogP contribution in [0.1, 0.15) is 24.5 Å². The molecule has 0 saturated carbocycles. The summed E-state index contributed by atoms with van der Waals surface area (Å²) in [7, 11) is 0. The van der Waals surface area contributed by atoms with E-state index in [2.05, 4.69) is 11.8 Å². The summed E-state index contributed by atoms with van der Waals surface area (Å²) in [6.07, 6.45) is -4.00. The van der Waals surface area contributed by atoms with Crippen molar-refractivity contribution in [3.8, 4) is 11.8 Å². The van der Waals surface area contributed by atoms with Gasteiger partial charge in [-0.05, 0) is 18.2 Å². The topological polar surface area (TPSA) is 43.1 Å². The lowest BCUT2D eigenvalue weighted by molar-refractivity contribution is -0.137. The van der Waals surface area contributed by atoms with Crippen LogP contribution in [0.25, 0.3) is 0 Å². The molecule has 1 aromatic rings. The molecule has 0 saturated heterocycles. The standard InChI is InChI=1S/C13H12F3NOS/c1-9(18)19-5-3-2-4-10-6-11(13(14,15)16)8-12(17)7-10/h6-8H,3,5,17H2,1H3. The van der Waals surface area contributed by atoms with Gasteiger partial charge < -0.3 is 5.73 Å². The molecule has 0 bridgehead atoms. The van der Waals surface area contributed by atoms with Crippen molar-refractivity contribution in [3.05, 3.63) is 29.3 Å². The Balaban J connectivity index is 2.77. The Bertz CT molecular complexity index is 529. The SMILES string of the molecule is CC(=O)SCCC#Cc1cc(N)cc(C(F)(F)F)c1. The first kappa shape index (κ1) is 15.4. The fourth-order valence-electron chi connectivity index (χ4n) is 1.30. The molecule has 0 aliphatic carbocycles. The average Bonchev–Trinajstić information content (AvgIpc) is 2.26. The normalized spacial score (nSPS) is 10.7. The number of hydrogen-bond donors (Lipinski definition) is 1. The first-order chi connectivity index (χ1) is 8.79. The van der Waals surface area contributed by atoms with E-state index < -0.39 is 11.7 Å². The van der Waals surface area contributed by atoms with Gasteiger partial charge in [-0.2, -0.15) is 13.2 Å². The van der Waals surface area contributed by atoms with Gasteiger partial charge in [0, 0.05) is 30.3 Å². The van der Waals surface area contributed by atoms with Crippen LogP contribution in [0.4, 0.5) is 18.9 Å². The maximum absolute atomic E-state index is 12.5. The number of halogens is 3. The molecular weight excluding hydrogens is 275 g/mol. The molecule has 0 heterocycles. The monoisotopic (exact) mass is 287 g/mol. The first-order valence-electron chi connectivity index (χ1n) is 5.39. The van der Waals surface area contributed by atoms with E-state index in [1.807, 2.05) is 0 Å². The fourth-order valence-corrected chi connectivity index (χ4v) is 1.79. The van der Waals surface area contributed by atoms with Gasteiger partial charge in [0.05, 0.1) is 5.56 Å². The van der Waals surface area contributed by atoms with Crippen molar-refractivity contribution in [2.24, 2.45) is 0 Å². The van der Waals surface area contributed by atoms with Gasteiger partial charge >= 0.3 is 6.18 Å². The molecule has 0 radical (unpaired) electrons. The van der Waals surface area contributed by atoms with Gasteiger partial charge in [-0.1, -0.05) is 23.6 Å². The van der Waals surface area contributed by atoms with Gasteiger partial charge in [-0.15, -0.1) is 0 Å². The molecule has 2 N–H and O–H groups in total. The van der Waals surface area contributed by atoms with Crippen molar-refractivity contribution < 1.29 is 18.0 Å². The van der Waals surface area contributed by atoms with E-state index in [0.717, 1.165) is 23.9 Å². The summed E-state index contributed by atoms with van der Waals surface area (Å²) >= 11 is 1.13. The van der Waals surface area contributed by atoms with E-state index in [1.165, 1.54) is 13.0 Å². The molecule has 0 aliphatic heterocycles. The quantitative estimate of drug-likeness (QED) is 0.515. The van der Waals surface area contributed by atoms with E-state index in [4.69, 9.17) is 5.73 Å². The molecular formula is C13H12F3NOS. The third-order valence-corrected chi connectivity index (χ3v) is 2.86. The minimum Gasteiger partial charge on any atom is -0.399 e. The smallest absolute Gasteiger partial charge is 0.399 e. The summed E-state index contributed by atoms with van der Waals surface area (Å²) in [5.74, 6) is 5.86. The van der Waals surface area contributed by atoms with Crippen LogP contribution in [0.5, 0.6) is 0 Å². The molecule has 1 rings (SSSR count). The van der Waals surface area contributed by atoms with Crippen LogP contribution in [0.15, 0.2) is 18.2 Å². The number of carbonyl (C=O) groups is 1. The van der Waals surface area contributed by atoms with Crippen LogP contribution in [0.3, 0.4) is 0 Å². The lowest BCUT2D eigenvalue weighted by Crippen LogP contribution is -2.06. The Morgan fingerprint density at radius 3 is 2.63 bits per heavy atom. The Labute approximate surface area is 113 Å². The molecule has 0 aliphatic rings. The summed E-state index contributed by atoms with van der Waals surface area (Å²) in [5.41, 5.74) is 4.85. The molecule has 2 nitrogen and oxygen atoms in total. The van der Waals surface area contributed by atoms with E-state index in [0.29, 0.717) is 12.2 Å². The molecule has 102 valence electrons. The number of nitrogen functional groups attached to an aromatic ring is 1. The van der Waals surface area contributed by atoms with Crippen molar-refractivity contribution in [1.82, 2.24) is 0 Å². The predicted octanol–water partition coefficient (Wildman–Crippen LogP) is 3.31. The summed E-state index contributed by atoms with van der Waals surface area (Å²) in [6, 6.07) is 3.22. The first-order valence-corrected chi connectivity index (χ1v) is 6.37. The molecule has 0 amide bonds. The second-order valence-corrected chi connectivity index (χ2v) is 5.01. The van der Waals surface area contributed by atoms with Crippen molar-refractivity contribution >= 4 is 22.6 Å². The highest BCUT2D eigenvalue weighted by Gasteiger charge is 2.30. The summed E-state index contributed by atoms with van der Waals surface area (Å²) < 4.78 is 37.6. The lowest BCUT2D eigenvalue weighted by Gasteiger charge is -2.07. The van der Waals surface area contributed by atoms with Crippen molar-refractivity contribution in [3.63, 3.8) is 0 Å². The molecule has 0 fully saturated rings. The van der Waals surface area contributed by atoms with Crippen LogP contribution in [-0.4, -0.2) is 10.9 Å². The van der Waals surface area contributed by atoms with E-state index in [1.54, 1.807) is 0 Å². The minimum atomic E-state index is -4.43. The highest BCUT2D eigenvalue weighted by Crippen LogP contribution is 2.31. The highest BCUT2D eigenvalue weighted by molar-refractivity contribution is 8.13. The molecule has 6 heteroatoms. The van der Waals surface area contributed by atoms with Crippen molar-refractivity contribution in [2.75, 3.05) is 11.5 Å². The van der Waals surface area contributed by atoms with Gasteiger partial charge in [0.15, 0.2) is 5.12 Å². The highest BCUT2D eigenvalue weighted by atomic mass is 32.2. The number of thioether (sulfide) groups is 1. The zero-order chi connectivity index (χ0) is 14.5. The number of rotatable bonds is 2. The van der Waals surface area contributed by atoms with Gasteiger partial charge in [-0.25, -0.2) is 0 Å². The molecule has 0 aromatic heterocycles. The molecule has 0 spiro atoms. The van der Waals surface area contributed by atoms with Crippen LogP contribution in [-0.2, 0) is 11.0 Å². The fraction of sp³-hybridized carbons (Fsp3) is 0.308. The minimum absolute atomic E-state index is 0.00915. The Morgan fingerprint density at radius 1 is 1.37 bits per heavy atom. The Morgan fingerprint density at radius 2 is 2.05 bits per heavy atom. The number of nitrogens with two attached hydrogens (primary N) is 1. The number of anilines is 1. The van der Waals surface area contributed by atoms with E-state index in [9.17, 15) is 18.0 Å². The maximum atomic E-state index is 12.5. The van der Waals surface area contributed by atoms with Crippen LogP contribution in [0.2, 0.25) is 0 Å². The van der Waals surface area contributed by atoms with E-state index in [-0.39, 0.29) is 16.4 Å². The van der Waals surface area contributed by atoms with Gasteiger partial charge in [0.2, 0.25) is 0 Å². The number of alkyl halides is 3. The number of hydrogen-bond acceptors (Lipinski definition) is 3. The third kappa shape index (κ3) is 5.71. The molecule has 0 unspecified atom stereocenters. The second kappa shape index (κ2) is 6.53. The van der Waals surface area contributed by atoms with Gasteiger partial charge in [0.25, 0.3) is 0 Å². The Kier molecular flexibility index (Phi) is 5.31. The summed E-state index contributed by atoms with van der Waals surface area (Å²) in [5, 5.41) is -0.00915. The van der Waals surface area contributed by atoms with Crippen LogP contribution in [0, 0.1) is 11.8 Å². The van der Waals surface area contributed by atoms with Crippen molar-refractivity contribution in [2.45, 2.75) is 19.5 Å². The summed E-state index contributed by atoms with van der Waals surface area (Å²) in [6.45, 7) is 1.45.